The molecule has 13 nitrogen and oxygen atoms in total. The second-order valence-corrected chi connectivity index (χ2v) is 10.4. The molecule has 1 aromatic heterocycles. The third-order valence-corrected chi connectivity index (χ3v) is 7.08. The van der Waals surface area contributed by atoms with E-state index in [2.05, 4.69) is 20.6 Å². The molecule has 2 aromatic rings. The lowest BCUT2D eigenvalue weighted by Crippen LogP contribution is -2.58. The number of nitrogens with two attached hydrogens (primary N) is 3. The van der Waals surface area contributed by atoms with Crippen molar-refractivity contribution in [3.63, 3.8) is 0 Å². The molecule has 13 heteroatoms. The monoisotopic (exact) mass is 556 g/mol. The minimum Gasteiger partial charge on any atom is -0.480 e. The number of likely N-dealkylation sites (tertiary alicyclic amines) is 1. The molecule has 40 heavy (non-hydrogen) atoms. The van der Waals surface area contributed by atoms with E-state index in [1.807, 2.05) is 24.3 Å². The van der Waals surface area contributed by atoms with E-state index >= 15 is 0 Å². The second kappa shape index (κ2) is 13.8. The molecule has 0 radical (unpaired) electrons. The summed E-state index contributed by atoms with van der Waals surface area (Å²) in [6.45, 7) is 4.07. The summed E-state index contributed by atoms with van der Waals surface area (Å²) in [7, 11) is 0. The number of guanidine groups is 1. The van der Waals surface area contributed by atoms with Crippen LogP contribution in [0.2, 0.25) is 0 Å². The van der Waals surface area contributed by atoms with Crippen molar-refractivity contribution < 1.29 is 24.3 Å². The number of amides is 3. The number of nitrogens with one attached hydrogen (secondary N) is 3. The van der Waals surface area contributed by atoms with Gasteiger partial charge in [0.2, 0.25) is 17.7 Å². The van der Waals surface area contributed by atoms with E-state index in [4.69, 9.17) is 17.2 Å². The number of para-hydroxylation sites is 1. The standard InChI is InChI=1S/C27H40N8O5/c1-15(2)22(25(38)35-12-6-10-21(35)26(39)40)34-24(37)20(9-5-11-31-27(29)30)33-23(36)18(28)13-16-14-32-19-8-4-3-7-17(16)19/h3-4,7-8,14-15,18,20-22,32H,5-6,9-13,28H2,1-2H3,(H,33,36)(H,34,37)(H,39,40)(H4,29,30,31). The number of carboxylic acid groups (broad SMARTS) is 1. The second-order valence-electron chi connectivity index (χ2n) is 10.4. The number of fused-ring (bicyclic) bond motifs is 1. The molecule has 3 amide bonds. The summed E-state index contributed by atoms with van der Waals surface area (Å²) in [5.41, 5.74) is 18.8. The predicted molar refractivity (Wildman–Crippen MR) is 151 cm³/mol. The molecule has 4 atom stereocenters. The van der Waals surface area contributed by atoms with Crippen LogP contribution >= 0.6 is 0 Å². The summed E-state index contributed by atoms with van der Waals surface area (Å²) in [4.78, 5) is 59.9. The van der Waals surface area contributed by atoms with Gasteiger partial charge in [-0.1, -0.05) is 32.0 Å². The highest BCUT2D eigenvalue weighted by Crippen LogP contribution is 2.21. The van der Waals surface area contributed by atoms with Crippen molar-refractivity contribution in [3.8, 4) is 0 Å². The van der Waals surface area contributed by atoms with Crippen molar-refractivity contribution in [2.75, 3.05) is 13.1 Å². The number of carboxylic acids is 1. The number of carbonyl (C=O) groups excluding carboxylic acids is 3. The molecule has 0 bridgehead atoms. The molecule has 1 fully saturated rings. The van der Waals surface area contributed by atoms with E-state index in [1.54, 1.807) is 20.0 Å². The number of carbonyl (C=O) groups is 4. The van der Waals surface area contributed by atoms with Crippen LogP contribution in [0.1, 0.15) is 45.1 Å². The summed E-state index contributed by atoms with van der Waals surface area (Å²) in [6.07, 6.45) is 3.54. The van der Waals surface area contributed by atoms with E-state index in [9.17, 15) is 24.3 Å². The molecule has 1 aliphatic rings. The van der Waals surface area contributed by atoms with Crippen molar-refractivity contribution in [1.82, 2.24) is 20.5 Å². The van der Waals surface area contributed by atoms with Gasteiger partial charge in [0.15, 0.2) is 5.96 Å². The molecule has 0 saturated carbocycles. The Bertz CT molecular complexity index is 1240. The SMILES string of the molecule is CC(C)C(NC(=O)C(CCCN=C(N)N)NC(=O)C(N)Cc1c[nH]c2ccccc12)C(=O)N1CCCC1C(=O)O. The number of benzene rings is 1. The van der Waals surface area contributed by atoms with Gasteiger partial charge in [0.1, 0.15) is 18.1 Å². The van der Waals surface area contributed by atoms with Crippen LogP contribution in [-0.4, -0.2) is 81.9 Å². The van der Waals surface area contributed by atoms with Crippen molar-refractivity contribution in [2.45, 2.75) is 70.1 Å². The van der Waals surface area contributed by atoms with Gasteiger partial charge in [0, 0.05) is 30.2 Å². The molecule has 10 N–H and O–H groups in total. The molecule has 0 spiro atoms. The highest BCUT2D eigenvalue weighted by atomic mass is 16.4. The fraction of sp³-hybridized carbons (Fsp3) is 0.519. The minimum absolute atomic E-state index is 0.0881. The van der Waals surface area contributed by atoms with E-state index in [0.717, 1.165) is 16.5 Å². The van der Waals surface area contributed by atoms with Gasteiger partial charge in [0.05, 0.1) is 6.04 Å². The van der Waals surface area contributed by atoms with E-state index in [-0.39, 0.29) is 31.3 Å². The fourth-order valence-electron chi connectivity index (χ4n) is 4.91. The van der Waals surface area contributed by atoms with Crippen LogP contribution in [0.15, 0.2) is 35.5 Å². The zero-order valence-electron chi connectivity index (χ0n) is 22.9. The number of aliphatic carboxylic acids is 1. The zero-order chi connectivity index (χ0) is 29.4. The van der Waals surface area contributed by atoms with Crippen LogP contribution in [0.4, 0.5) is 0 Å². The molecule has 1 aromatic carbocycles. The van der Waals surface area contributed by atoms with Gasteiger partial charge in [-0.05, 0) is 49.7 Å². The van der Waals surface area contributed by atoms with Crippen LogP contribution in [0.3, 0.4) is 0 Å². The predicted octanol–water partition coefficient (Wildman–Crippen LogP) is -0.207. The zero-order valence-corrected chi connectivity index (χ0v) is 22.9. The number of hydrogen-bond donors (Lipinski definition) is 7. The lowest BCUT2D eigenvalue weighted by atomic mass is 10.0. The van der Waals surface area contributed by atoms with Gasteiger partial charge >= 0.3 is 5.97 Å². The van der Waals surface area contributed by atoms with Gasteiger partial charge in [-0.2, -0.15) is 0 Å². The Kier molecular flexibility index (Phi) is 10.5. The topological polar surface area (TPSA) is 222 Å². The van der Waals surface area contributed by atoms with Crippen LogP contribution < -0.4 is 27.8 Å². The minimum atomic E-state index is -1.08. The highest BCUT2D eigenvalue weighted by Gasteiger charge is 2.39. The quantitative estimate of drug-likeness (QED) is 0.0991. The molecule has 218 valence electrons. The first-order valence-electron chi connectivity index (χ1n) is 13.5. The maximum absolute atomic E-state index is 13.4. The maximum Gasteiger partial charge on any atom is 0.326 e. The van der Waals surface area contributed by atoms with Crippen molar-refractivity contribution in [3.05, 3.63) is 36.0 Å². The van der Waals surface area contributed by atoms with E-state index in [1.165, 1.54) is 4.90 Å². The summed E-state index contributed by atoms with van der Waals surface area (Å²) in [6, 6.07) is 3.82. The molecule has 3 rings (SSSR count). The number of aromatic nitrogens is 1. The summed E-state index contributed by atoms with van der Waals surface area (Å²) < 4.78 is 0. The normalized spacial score (nSPS) is 17.3. The Morgan fingerprint density at radius 1 is 1.15 bits per heavy atom. The maximum atomic E-state index is 13.4. The third kappa shape index (κ3) is 7.72. The molecule has 0 aliphatic carbocycles. The third-order valence-electron chi connectivity index (χ3n) is 7.08. The Morgan fingerprint density at radius 2 is 1.88 bits per heavy atom. The number of aromatic amines is 1. The smallest absolute Gasteiger partial charge is 0.326 e. The molecule has 2 heterocycles. The Balaban J connectivity index is 1.72. The molecule has 4 unspecified atom stereocenters. The number of aliphatic imine (C=N–C) groups is 1. The van der Waals surface area contributed by atoms with Gasteiger partial charge in [-0.3, -0.25) is 19.4 Å². The highest BCUT2D eigenvalue weighted by molar-refractivity contribution is 5.94. The van der Waals surface area contributed by atoms with Crippen molar-refractivity contribution >= 4 is 40.6 Å². The number of rotatable bonds is 13. The first-order chi connectivity index (χ1) is 19.0. The molecule has 1 saturated heterocycles. The lowest BCUT2D eigenvalue weighted by molar-refractivity contribution is -0.150. The van der Waals surface area contributed by atoms with Crippen LogP contribution in [-0.2, 0) is 25.6 Å². The summed E-state index contributed by atoms with van der Waals surface area (Å²) >= 11 is 0. The van der Waals surface area contributed by atoms with Crippen LogP contribution in [0.5, 0.6) is 0 Å². The number of nitrogens with zero attached hydrogens (tertiary/aromatic N) is 2. The fourth-order valence-corrected chi connectivity index (χ4v) is 4.91. The van der Waals surface area contributed by atoms with E-state index in [0.29, 0.717) is 25.8 Å². The summed E-state index contributed by atoms with van der Waals surface area (Å²) in [5.74, 6) is -3.05. The average molecular weight is 557 g/mol. The number of H-pyrrole nitrogens is 1. The van der Waals surface area contributed by atoms with Crippen LogP contribution in [0.25, 0.3) is 10.9 Å². The lowest BCUT2D eigenvalue weighted by Gasteiger charge is -2.30. The Labute approximate surface area is 232 Å². The van der Waals surface area contributed by atoms with Gasteiger partial charge in [-0.15, -0.1) is 0 Å². The van der Waals surface area contributed by atoms with Crippen LogP contribution in [0, 0.1) is 5.92 Å². The average Bonchev–Trinajstić information content (AvgIpc) is 3.56. The first kappa shape index (κ1) is 30.4. The number of hydrogen-bond acceptors (Lipinski definition) is 6. The van der Waals surface area contributed by atoms with Crippen molar-refractivity contribution in [2.24, 2.45) is 28.1 Å². The van der Waals surface area contributed by atoms with Gasteiger partial charge in [0.25, 0.3) is 0 Å². The Hall–Kier alpha value is -4.13. The molecule has 1 aliphatic heterocycles. The summed E-state index contributed by atoms with van der Waals surface area (Å²) in [5, 5.41) is 15.9. The first-order valence-corrected chi connectivity index (χ1v) is 13.5. The molecular weight excluding hydrogens is 516 g/mol. The molecular formula is C27H40N8O5. The van der Waals surface area contributed by atoms with E-state index < -0.39 is 47.9 Å². The van der Waals surface area contributed by atoms with Gasteiger partial charge < -0.3 is 42.8 Å². The Morgan fingerprint density at radius 3 is 2.55 bits per heavy atom. The van der Waals surface area contributed by atoms with Gasteiger partial charge in [-0.25, -0.2) is 4.79 Å². The van der Waals surface area contributed by atoms with Crippen molar-refractivity contribution in [1.29, 1.82) is 0 Å². The largest absolute Gasteiger partial charge is 0.480 e.